The van der Waals surface area contributed by atoms with Gasteiger partial charge in [-0.15, -0.1) is 0 Å². The largest absolute Gasteiger partial charge is 0.330 e. The van der Waals surface area contributed by atoms with Crippen LogP contribution in [0.4, 0.5) is 15.3 Å². The monoisotopic (exact) mass is 247 g/mol. The number of rotatable bonds is 2. The lowest BCUT2D eigenvalue weighted by molar-refractivity contribution is 0.195. The lowest BCUT2D eigenvalue weighted by Gasteiger charge is -2.16. The number of hydrogen-bond donors (Lipinski definition) is 1. The van der Waals surface area contributed by atoms with Crippen molar-refractivity contribution in [3.63, 3.8) is 0 Å². The van der Waals surface area contributed by atoms with E-state index in [1.807, 2.05) is 31.2 Å². The average Bonchev–Trinajstić information content (AvgIpc) is 2.71. The first kappa shape index (κ1) is 12.4. The highest BCUT2D eigenvalue weighted by molar-refractivity contribution is 6.01. The molecule has 0 aliphatic carbocycles. The Balaban J connectivity index is 2.10. The number of nitrogens with one attached hydrogen (secondary N) is 1. The molecule has 1 aromatic rings. The van der Waals surface area contributed by atoms with Crippen molar-refractivity contribution in [2.75, 3.05) is 25.5 Å². The van der Waals surface area contributed by atoms with E-state index in [2.05, 4.69) is 5.32 Å². The van der Waals surface area contributed by atoms with Crippen LogP contribution in [0, 0.1) is 0 Å². The molecule has 1 fully saturated rings. The maximum atomic E-state index is 12.0. The van der Waals surface area contributed by atoms with Crippen molar-refractivity contribution in [2.45, 2.75) is 13.3 Å². The molecule has 0 bridgehead atoms. The summed E-state index contributed by atoms with van der Waals surface area (Å²) in [6.45, 7) is 3.05. The summed E-state index contributed by atoms with van der Waals surface area (Å²) < 4.78 is 0. The fraction of sp³-hybridized carbons (Fsp3) is 0.385. The smallest absolute Gasteiger partial charge is 0.326 e. The van der Waals surface area contributed by atoms with Crippen molar-refractivity contribution in [2.24, 2.45) is 0 Å². The molecule has 1 N–H and O–H groups in total. The third-order valence-electron chi connectivity index (χ3n) is 3.10. The molecule has 0 saturated carbocycles. The molecule has 1 saturated heterocycles. The van der Waals surface area contributed by atoms with Crippen LogP contribution in [0.1, 0.15) is 12.5 Å². The third kappa shape index (κ3) is 2.30. The molecule has 2 rings (SSSR count). The number of anilines is 1. The van der Waals surface area contributed by atoms with E-state index in [-0.39, 0.29) is 12.1 Å². The number of imide groups is 1. The Morgan fingerprint density at radius 1 is 1.33 bits per heavy atom. The van der Waals surface area contributed by atoms with Gasteiger partial charge in [-0.3, -0.25) is 0 Å². The molecule has 5 nitrogen and oxygen atoms in total. The van der Waals surface area contributed by atoms with Gasteiger partial charge in [0.2, 0.25) is 0 Å². The van der Waals surface area contributed by atoms with E-state index in [4.69, 9.17) is 0 Å². The quantitative estimate of drug-likeness (QED) is 0.870. The standard InChI is InChI=1S/C13H17N3O2/c1-3-10-6-4-5-7-11(10)14-12(17)16-9-8-15(2)13(16)18/h4-7H,3,8-9H2,1-2H3,(H,14,17). The molecular formula is C13H17N3O2. The van der Waals surface area contributed by atoms with Crippen LogP contribution in [0.25, 0.3) is 0 Å². The first-order valence-electron chi connectivity index (χ1n) is 6.05. The van der Waals surface area contributed by atoms with Gasteiger partial charge in [-0.1, -0.05) is 25.1 Å². The molecule has 0 radical (unpaired) electrons. The van der Waals surface area contributed by atoms with Crippen molar-refractivity contribution < 1.29 is 9.59 Å². The van der Waals surface area contributed by atoms with Crippen LogP contribution in [0.5, 0.6) is 0 Å². The zero-order valence-electron chi connectivity index (χ0n) is 10.6. The van der Waals surface area contributed by atoms with Gasteiger partial charge in [0.05, 0.1) is 0 Å². The molecule has 0 unspecified atom stereocenters. The summed E-state index contributed by atoms with van der Waals surface area (Å²) >= 11 is 0. The second-order valence-electron chi connectivity index (χ2n) is 4.30. The molecule has 1 aliphatic rings. The molecule has 18 heavy (non-hydrogen) atoms. The number of benzene rings is 1. The predicted octanol–water partition coefficient (Wildman–Crippen LogP) is 2.15. The lowest BCUT2D eigenvalue weighted by Crippen LogP contribution is -2.38. The highest BCUT2D eigenvalue weighted by Gasteiger charge is 2.30. The van der Waals surface area contributed by atoms with Crippen molar-refractivity contribution >= 4 is 17.7 Å². The minimum Gasteiger partial charge on any atom is -0.326 e. The maximum Gasteiger partial charge on any atom is 0.330 e. The first-order chi connectivity index (χ1) is 8.63. The summed E-state index contributed by atoms with van der Waals surface area (Å²) in [5, 5.41) is 2.79. The molecule has 0 aromatic heterocycles. The van der Waals surface area contributed by atoms with E-state index < -0.39 is 0 Å². The summed E-state index contributed by atoms with van der Waals surface area (Å²) in [4.78, 5) is 26.5. The number of carbonyl (C=O) groups is 2. The van der Waals surface area contributed by atoms with Gasteiger partial charge in [-0.25, -0.2) is 14.5 Å². The fourth-order valence-corrected chi connectivity index (χ4v) is 1.97. The van der Waals surface area contributed by atoms with Gasteiger partial charge in [0, 0.05) is 25.8 Å². The number of para-hydroxylation sites is 1. The molecular weight excluding hydrogens is 230 g/mol. The zero-order valence-corrected chi connectivity index (χ0v) is 10.6. The zero-order chi connectivity index (χ0) is 13.1. The van der Waals surface area contributed by atoms with E-state index >= 15 is 0 Å². The van der Waals surface area contributed by atoms with Crippen LogP contribution in [0.15, 0.2) is 24.3 Å². The van der Waals surface area contributed by atoms with Crippen molar-refractivity contribution in [1.82, 2.24) is 9.80 Å². The van der Waals surface area contributed by atoms with Crippen molar-refractivity contribution in [1.29, 1.82) is 0 Å². The summed E-state index contributed by atoms with van der Waals surface area (Å²) in [5.41, 5.74) is 1.83. The Labute approximate surface area is 106 Å². The van der Waals surface area contributed by atoms with E-state index in [9.17, 15) is 9.59 Å². The predicted molar refractivity (Wildman–Crippen MR) is 69.6 cm³/mol. The summed E-state index contributed by atoms with van der Waals surface area (Å²) in [6, 6.07) is 7.01. The molecule has 1 aromatic carbocycles. The number of aryl methyl sites for hydroxylation is 1. The van der Waals surface area contributed by atoms with E-state index in [1.165, 1.54) is 9.80 Å². The molecule has 1 heterocycles. The Bertz CT molecular complexity index is 473. The third-order valence-corrected chi connectivity index (χ3v) is 3.10. The van der Waals surface area contributed by atoms with Crippen LogP contribution in [0.2, 0.25) is 0 Å². The van der Waals surface area contributed by atoms with Crippen LogP contribution in [0.3, 0.4) is 0 Å². The minimum atomic E-state index is -0.356. The molecule has 0 atom stereocenters. The molecule has 1 aliphatic heterocycles. The van der Waals surface area contributed by atoms with Crippen LogP contribution in [-0.2, 0) is 6.42 Å². The Kier molecular flexibility index (Phi) is 3.50. The Morgan fingerprint density at radius 2 is 2.06 bits per heavy atom. The molecule has 5 heteroatoms. The highest BCUT2D eigenvalue weighted by atomic mass is 16.2. The summed E-state index contributed by atoms with van der Waals surface area (Å²) in [7, 11) is 1.69. The van der Waals surface area contributed by atoms with Crippen LogP contribution >= 0.6 is 0 Å². The van der Waals surface area contributed by atoms with E-state index in [0.29, 0.717) is 13.1 Å². The molecule has 4 amide bonds. The number of hydrogen-bond acceptors (Lipinski definition) is 2. The average molecular weight is 247 g/mol. The Hall–Kier alpha value is -2.04. The Morgan fingerprint density at radius 3 is 2.67 bits per heavy atom. The number of nitrogens with zero attached hydrogens (tertiary/aromatic N) is 2. The fourth-order valence-electron chi connectivity index (χ4n) is 1.97. The number of carbonyl (C=O) groups excluding carboxylic acids is 2. The van der Waals surface area contributed by atoms with Gasteiger partial charge >= 0.3 is 12.1 Å². The SMILES string of the molecule is CCc1ccccc1NC(=O)N1CCN(C)C1=O. The van der Waals surface area contributed by atoms with Gasteiger partial charge in [-0.05, 0) is 18.1 Å². The molecule has 0 spiro atoms. The lowest BCUT2D eigenvalue weighted by atomic mass is 10.1. The first-order valence-corrected chi connectivity index (χ1v) is 6.05. The van der Waals surface area contributed by atoms with Crippen LogP contribution in [-0.4, -0.2) is 42.0 Å². The number of likely N-dealkylation sites (N-methyl/N-ethyl adjacent to an activating group) is 1. The minimum absolute atomic E-state index is 0.249. The van der Waals surface area contributed by atoms with Crippen molar-refractivity contribution in [3.8, 4) is 0 Å². The highest BCUT2D eigenvalue weighted by Crippen LogP contribution is 2.17. The second kappa shape index (κ2) is 5.08. The summed E-state index contributed by atoms with van der Waals surface area (Å²) in [6.07, 6.45) is 0.838. The van der Waals surface area contributed by atoms with E-state index in [0.717, 1.165) is 17.7 Å². The topological polar surface area (TPSA) is 52.7 Å². The van der Waals surface area contributed by atoms with Crippen molar-refractivity contribution in [3.05, 3.63) is 29.8 Å². The van der Waals surface area contributed by atoms with Gasteiger partial charge < -0.3 is 10.2 Å². The summed E-state index contributed by atoms with van der Waals surface area (Å²) in [5.74, 6) is 0. The second-order valence-corrected chi connectivity index (χ2v) is 4.30. The number of amides is 4. The number of urea groups is 2. The molecule has 96 valence electrons. The maximum absolute atomic E-state index is 12.0. The van der Waals surface area contributed by atoms with Gasteiger partial charge in [0.1, 0.15) is 0 Å². The van der Waals surface area contributed by atoms with Gasteiger partial charge in [0.25, 0.3) is 0 Å². The van der Waals surface area contributed by atoms with E-state index in [1.54, 1.807) is 7.05 Å². The normalized spacial score (nSPS) is 15.1. The van der Waals surface area contributed by atoms with Gasteiger partial charge in [-0.2, -0.15) is 0 Å². The van der Waals surface area contributed by atoms with Gasteiger partial charge in [0.15, 0.2) is 0 Å². The van der Waals surface area contributed by atoms with Crippen LogP contribution < -0.4 is 5.32 Å².